The van der Waals surface area contributed by atoms with Crippen LogP contribution in [0.15, 0.2) is 0 Å². The van der Waals surface area contributed by atoms with Crippen LogP contribution in [0, 0.1) is 5.41 Å². The van der Waals surface area contributed by atoms with Gasteiger partial charge in [0.05, 0.1) is 25.4 Å². The Balaban J connectivity index is 0. The van der Waals surface area contributed by atoms with Gasteiger partial charge in [-0.25, -0.2) is 0 Å². The van der Waals surface area contributed by atoms with Crippen molar-refractivity contribution in [2.24, 2.45) is 11.1 Å². The highest BCUT2D eigenvalue weighted by Crippen LogP contribution is 2.16. The van der Waals surface area contributed by atoms with Gasteiger partial charge in [-0.1, -0.05) is 34.1 Å². The van der Waals surface area contributed by atoms with E-state index in [9.17, 15) is 0 Å². The lowest BCUT2D eigenvalue weighted by molar-refractivity contribution is 0.0698. The predicted molar refractivity (Wildman–Crippen MR) is 57.9 cm³/mol. The van der Waals surface area contributed by atoms with Crippen LogP contribution >= 0.6 is 0 Å². The number of aliphatic hydroxyl groups is 3. The number of hydrogen-bond acceptors (Lipinski definition) is 4. The molecule has 5 N–H and O–H groups in total. The van der Waals surface area contributed by atoms with Crippen molar-refractivity contribution in [1.29, 1.82) is 0 Å². The van der Waals surface area contributed by atoms with E-state index in [1.165, 1.54) is 6.42 Å². The molecular formula is C10H25NO3. The van der Waals surface area contributed by atoms with E-state index in [1.54, 1.807) is 0 Å². The Morgan fingerprint density at radius 1 is 0.929 bits per heavy atom. The number of nitrogens with two attached hydrogens (primary N) is 1. The summed E-state index contributed by atoms with van der Waals surface area (Å²) in [6, 6.07) is 0. The fraction of sp³-hybridized carbons (Fsp3) is 1.00. The molecule has 0 aromatic carbocycles. The maximum Gasteiger partial charge on any atom is 0.0856 e. The van der Waals surface area contributed by atoms with E-state index in [2.05, 4.69) is 27.7 Å². The zero-order valence-corrected chi connectivity index (χ0v) is 9.75. The van der Waals surface area contributed by atoms with Crippen molar-refractivity contribution in [1.82, 2.24) is 0 Å². The Bertz CT molecular complexity index is 120. The van der Waals surface area contributed by atoms with Crippen LogP contribution in [0.25, 0.3) is 0 Å². The van der Waals surface area contributed by atoms with Gasteiger partial charge in [0.15, 0.2) is 0 Å². The lowest BCUT2D eigenvalue weighted by Crippen LogP contribution is -2.50. The molecule has 0 radical (unpaired) electrons. The molecule has 0 aliphatic carbocycles. The van der Waals surface area contributed by atoms with Gasteiger partial charge in [0.25, 0.3) is 0 Å². The van der Waals surface area contributed by atoms with E-state index in [1.807, 2.05) is 0 Å². The molecule has 0 aliphatic rings. The maximum absolute atomic E-state index is 8.34. The fourth-order valence-electron chi connectivity index (χ4n) is 0.150. The molecule has 0 spiro atoms. The third-order valence-electron chi connectivity index (χ3n) is 2.01. The topological polar surface area (TPSA) is 86.7 Å². The van der Waals surface area contributed by atoms with Crippen LogP contribution in [0.5, 0.6) is 0 Å². The highest BCUT2D eigenvalue weighted by Gasteiger charge is 2.20. The molecule has 0 aromatic heterocycles. The number of aliphatic hydroxyl groups excluding tert-OH is 3. The first-order chi connectivity index (χ1) is 6.24. The van der Waals surface area contributed by atoms with Crippen molar-refractivity contribution in [2.45, 2.75) is 39.7 Å². The van der Waals surface area contributed by atoms with E-state index < -0.39 is 25.4 Å². The summed E-state index contributed by atoms with van der Waals surface area (Å²) >= 11 is 0. The van der Waals surface area contributed by atoms with Crippen LogP contribution in [-0.2, 0) is 0 Å². The van der Waals surface area contributed by atoms with Crippen LogP contribution in [0.2, 0.25) is 0 Å². The summed E-state index contributed by atoms with van der Waals surface area (Å²) in [7, 11) is 0. The average Bonchev–Trinajstić information content (AvgIpc) is 2.16. The fourth-order valence-corrected chi connectivity index (χ4v) is 0.150. The predicted octanol–water partition coefficient (Wildman–Crippen LogP) is 0.103. The summed E-state index contributed by atoms with van der Waals surface area (Å²) in [6.45, 7) is 7.73. The molecule has 0 amide bonds. The molecule has 0 unspecified atom stereocenters. The summed E-state index contributed by atoms with van der Waals surface area (Å²) in [5, 5.41) is 25.0. The quantitative estimate of drug-likeness (QED) is 0.529. The molecule has 0 atom stereocenters. The molecule has 0 saturated carbocycles. The largest absolute Gasteiger partial charge is 0.394 e. The second-order valence-electron chi connectivity index (χ2n) is 4.75. The zero-order chi connectivity index (χ0) is 11.8. The average molecular weight is 207 g/mol. The summed E-state index contributed by atoms with van der Waals surface area (Å²) in [6.07, 6.45) is 1.27. The normalized spacial score (nSPS) is 12.0. The van der Waals surface area contributed by atoms with Crippen LogP contribution in [-0.4, -0.2) is 40.7 Å². The van der Waals surface area contributed by atoms with Gasteiger partial charge < -0.3 is 21.1 Å². The van der Waals surface area contributed by atoms with E-state index >= 15 is 0 Å². The van der Waals surface area contributed by atoms with Crippen molar-refractivity contribution in [3.05, 3.63) is 0 Å². The second-order valence-corrected chi connectivity index (χ2v) is 4.75. The van der Waals surface area contributed by atoms with E-state index in [-0.39, 0.29) is 0 Å². The van der Waals surface area contributed by atoms with Gasteiger partial charge in [-0.2, -0.15) is 0 Å². The Labute approximate surface area is 86.8 Å². The summed E-state index contributed by atoms with van der Waals surface area (Å²) in [4.78, 5) is 0. The Kier molecular flexibility index (Phi) is 8.34. The Morgan fingerprint density at radius 3 is 1.14 bits per heavy atom. The van der Waals surface area contributed by atoms with Gasteiger partial charge in [0, 0.05) is 0 Å². The zero-order valence-electron chi connectivity index (χ0n) is 9.75. The Hall–Kier alpha value is -0.160. The standard InChI is InChI=1S/C6H14.C4H11NO3/c1-5-6(2,3)4;5-4(1-6,2-7)3-8/h5H2,1-4H3;6-8H,1-3,5H2. The third kappa shape index (κ3) is 9.92. The molecule has 4 nitrogen and oxygen atoms in total. The number of hydrogen-bond donors (Lipinski definition) is 4. The maximum atomic E-state index is 8.34. The molecule has 0 fully saturated rings. The lowest BCUT2D eigenvalue weighted by Gasteiger charge is -2.20. The van der Waals surface area contributed by atoms with Crippen LogP contribution in [0.3, 0.4) is 0 Å². The summed E-state index contributed by atoms with van der Waals surface area (Å²) in [5.74, 6) is 0. The third-order valence-corrected chi connectivity index (χ3v) is 2.01. The van der Waals surface area contributed by atoms with Crippen molar-refractivity contribution >= 4 is 0 Å². The van der Waals surface area contributed by atoms with Gasteiger partial charge in [-0.15, -0.1) is 0 Å². The molecule has 0 rings (SSSR count). The molecular weight excluding hydrogens is 182 g/mol. The highest BCUT2D eigenvalue weighted by atomic mass is 16.3. The van der Waals surface area contributed by atoms with Gasteiger partial charge in [0.1, 0.15) is 0 Å². The summed E-state index contributed by atoms with van der Waals surface area (Å²) < 4.78 is 0. The smallest absolute Gasteiger partial charge is 0.0856 e. The first kappa shape index (κ1) is 16.3. The second kappa shape index (κ2) is 7.17. The molecule has 0 heterocycles. The molecule has 4 heteroatoms. The highest BCUT2D eigenvalue weighted by molar-refractivity contribution is 4.80. The van der Waals surface area contributed by atoms with Crippen molar-refractivity contribution in [3.8, 4) is 0 Å². The molecule has 88 valence electrons. The van der Waals surface area contributed by atoms with Gasteiger partial charge in [-0.05, 0) is 5.41 Å². The van der Waals surface area contributed by atoms with Crippen LogP contribution in [0.4, 0.5) is 0 Å². The monoisotopic (exact) mass is 207 g/mol. The lowest BCUT2D eigenvalue weighted by atomic mass is 9.94. The van der Waals surface area contributed by atoms with Crippen molar-refractivity contribution in [2.75, 3.05) is 19.8 Å². The SMILES string of the molecule is CCC(C)(C)C.NC(CO)(CO)CO. The van der Waals surface area contributed by atoms with Gasteiger partial charge in [-0.3, -0.25) is 0 Å². The van der Waals surface area contributed by atoms with Gasteiger partial charge >= 0.3 is 0 Å². The van der Waals surface area contributed by atoms with Crippen molar-refractivity contribution < 1.29 is 15.3 Å². The van der Waals surface area contributed by atoms with E-state index in [0.717, 1.165) is 0 Å². The van der Waals surface area contributed by atoms with E-state index in [0.29, 0.717) is 5.41 Å². The minimum Gasteiger partial charge on any atom is -0.394 e. The minimum absolute atomic E-state index is 0.403. The van der Waals surface area contributed by atoms with Crippen LogP contribution in [0.1, 0.15) is 34.1 Å². The Morgan fingerprint density at radius 2 is 1.14 bits per heavy atom. The van der Waals surface area contributed by atoms with Crippen molar-refractivity contribution in [3.63, 3.8) is 0 Å². The molecule has 0 aromatic rings. The van der Waals surface area contributed by atoms with Crippen LogP contribution < -0.4 is 5.73 Å². The van der Waals surface area contributed by atoms with Gasteiger partial charge in [0.2, 0.25) is 0 Å². The molecule has 14 heavy (non-hydrogen) atoms. The molecule has 0 aliphatic heterocycles. The molecule has 0 bridgehead atoms. The minimum atomic E-state index is -1.21. The first-order valence-corrected chi connectivity index (χ1v) is 4.86. The molecule has 0 saturated heterocycles. The van der Waals surface area contributed by atoms with E-state index in [4.69, 9.17) is 21.1 Å². The first-order valence-electron chi connectivity index (χ1n) is 4.86. The summed E-state index contributed by atoms with van der Waals surface area (Å²) in [5.41, 5.74) is 4.48. The number of rotatable bonds is 3.